The minimum atomic E-state index is -0.177. The summed E-state index contributed by atoms with van der Waals surface area (Å²) in [5, 5.41) is 0. The zero-order valence-corrected chi connectivity index (χ0v) is 11.7. The molecule has 2 fully saturated rings. The van der Waals surface area contributed by atoms with E-state index in [0.717, 1.165) is 31.0 Å². The van der Waals surface area contributed by atoms with Gasteiger partial charge in [0.2, 0.25) is 0 Å². The number of rotatable bonds is 2. The van der Waals surface area contributed by atoms with Crippen LogP contribution in [-0.2, 0) is 11.3 Å². The molecular formula is C14H16BrNO2. The molecule has 1 aliphatic carbocycles. The van der Waals surface area contributed by atoms with Crippen molar-refractivity contribution in [3.63, 3.8) is 0 Å². The maximum atomic E-state index is 11.9. The van der Waals surface area contributed by atoms with Gasteiger partial charge in [-0.3, -0.25) is 0 Å². The molecule has 1 saturated carbocycles. The molecule has 3 atom stereocenters. The van der Waals surface area contributed by atoms with Gasteiger partial charge in [-0.1, -0.05) is 46.3 Å². The van der Waals surface area contributed by atoms with E-state index >= 15 is 0 Å². The number of halogens is 1. The fraction of sp³-hybridized carbons (Fsp3) is 0.500. The molecule has 4 heteroatoms. The Labute approximate surface area is 115 Å². The number of hydrogen-bond donors (Lipinski definition) is 0. The number of ether oxygens (including phenoxy) is 1. The van der Waals surface area contributed by atoms with Gasteiger partial charge in [0.15, 0.2) is 0 Å². The fourth-order valence-electron chi connectivity index (χ4n) is 2.63. The smallest absolute Gasteiger partial charge is 0.410 e. The number of benzene rings is 1. The molecule has 1 amide bonds. The van der Waals surface area contributed by atoms with Crippen LogP contribution in [0.25, 0.3) is 0 Å². The van der Waals surface area contributed by atoms with Crippen molar-refractivity contribution in [3.05, 3.63) is 35.9 Å². The molecule has 0 aromatic heterocycles. The molecule has 1 saturated heterocycles. The SMILES string of the molecule is O=C(OCc1ccccc1)N1CC[C@@H]2[C@@H](Br)[C@@H]2C1. The van der Waals surface area contributed by atoms with Crippen LogP contribution in [0.2, 0.25) is 0 Å². The first-order chi connectivity index (χ1) is 8.75. The van der Waals surface area contributed by atoms with E-state index in [9.17, 15) is 4.79 Å². The van der Waals surface area contributed by atoms with Crippen LogP contribution in [0.3, 0.4) is 0 Å². The number of nitrogens with zero attached hydrogens (tertiary/aromatic N) is 1. The van der Waals surface area contributed by atoms with Crippen molar-refractivity contribution in [2.75, 3.05) is 13.1 Å². The van der Waals surface area contributed by atoms with E-state index in [1.54, 1.807) is 0 Å². The fourth-order valence-corrected chi connectivity index (χ4v) is 3.67. The Kier molecular flexibility index (Phi) is 3.29. The Bertz CT molecular complexity index is 437. The topological polar surface area (TPSA) is 29.5 Å². The lowest BCUT2D eigenvalue weighted by molar-refractivity contribution is 0.0878. The van der Waals surface area contributed by atoms with Crippen LogP contribution in [0.1, 0.15) is 12.0 Å². The van der Waals surface area contributed by atoms with Crippen molar-refractivity contribution in [1.82, 2.24) is 4.90 Å². The molecule has 2 aliphatic rings. The quantitative estimate of drug-likeness (QED) is 0.786. The van der Waals surface area contributed by atoms with Gasteiger partial charge in [0, 0.05) is 17.9 Å². The van der Waals surface area contributed by atoms with Crippen LogP contribution >= 0.6 is 15.9 Å². The number of amides is 1. The largest absolute Gasteiger partial charge is 0.445 e. The zero-order chi connectivity index (χ0) is 12.5. The van der Waals surface area contributed by atoms with Crippen molar-refractivity contribution < 1.29 is 9.53 Å². The number of hydrogen-bond acceptors (Lipinski definition) is 2. The number of carbonyl (C=O) groups is 1. The monoisotopic (exact) mass is 309 g/mol. The molecule has 3 nitrogen and oxygen atoms in total. The average molecular weight is 310 g/mol. The van der Waals surface area contributed by atoms with Crippen LogP contribution in [0.15, 0.2) is 30.3 Å². The lowest BCUT2D eigenvalue weighted by atomic mass is 10.1. The summed E-state index contributed by atoms with van der Waals surface area (Å²) in [4.78, 5) is 14.4. The highest BCUT2D eigenvalue weighted by Gasteiger charge is 2.52. The predicted molar refractivity (Wildman–Crippen MR) is 72.5 cm³/mol. The molecule has 18 heavy (non-hydrogen) atoms. The Morgan fingerprint density at radius 1 is 1.33 bits per heavy atom. The van der Waals surface area contributed by atoms with Gasteiger partial charge in [-0.15, -0.1) is 0 Å². The first kappa shape index (κ1) is 12.0. The zero-order valence-electron chi connectivity index (χ0n) is 10.1. The second-order valence-electron chi connectivity index (χ2n) is 5.05. The van der Waals surface area contributed by atoms with Crippen molar-refractivity contribution in [2.24, 2.45) is 11.8 Å². The second kappa shape index (κ2) is 4.92. The third-order valence-electron chi connectivity index (χ3n) is 3.85. The summed E-state index contributed by atoms with van der Waals surface area (Å²) in [7, 11) is 0. The summed E-state index contributed by atoms with van der Waals surface area (Å²) in [5.41, 5.74) is 1.03. The van der Waals surface area contributed by atoms with Crippen molar-refractivity contribution in [3.8, 4) is 0 Å². The van der Waals surface area contributed by atoms with E-state index in [1.807, 2.05) is 35.2 Å². The third-order valence-corrected chi connectivity index (χ3v) is 5.21. The first-order valence-electron chi connectivity index (χ1n) is 6.35. The number of fused-ring (bicyclic) bond motifs is 1. The van der Waals surface area contributed by atoms with Gasteiger partial charge in [-0.25, -0.2) is 4.79 Å². The number of likely N-dealkylation sites (tertiary alicyclic amines) is 1. The molecule has 3 rings (SSSR count). The summed E-state index contributed by atoms with van der Waals surface area (Å²) in [6.07, 6.45) is 0.921. The highest BCUT2D eigenvalue weighted by molar-refractivity contribution is 9.09. The molecule has 0 N–H and O–H groups in total. The normalized spacial score (nSPS) is 29.6. The summed E-state index contributed by atoms with van der Waals surface area (Å²) in [5.74, 6) is 1.42. The van der Waals surface area contributed by atoms with Gasteiger partial charge >= 0.3 is 6.09 Å². The van der Waals surface area contributed by atoms with Gasteiger partial charge in [0.25, 0.3) is 0 Å². The van der Waals surface area contributed by atoms with E-state index < -0.39 is 0 Å². The summed E-state index contributed by atoms with van der Waals surface area (Å²) >= 11 is 3.65. The summed E-state index contributed by atoms with van der Waals surface area (Å²) in [6.45, 7) is 2.03. The van der Waals surface area contributed by atoms with Crippen LogP contribution in [0, 0.1) is 11.8 Å². The first-order valence-corrected chi connectivity index (χ1v) is 7.27. The Balaban J connectivity index is 1.50. The minimum absolute atomic E-state index is 0.177. The average Bonchev–Trinajstić information content (AvgIpc) is 3.07. The van der Waals surface area contributed by atoms with Gasteiger partial charge in [0.05, 0.1) is 0 Å². The van der Waals surface area contributed by atoms with Gasteiger partial charge in [-0.05, 0) is 23.8 Å². The van der Waals surface area contributed by atoms with Crippen LogP contribution in [0.4, 0.5) is 4.79 Å². The summed E-state index contributed by atoms with van der Waals surface area (Å²) in [6, 6.07) is 9.80. The molecule has 1 heterocycles. The molecular weight excluding hydrogens is 294 g/mol. The molecule has 0 bridgehead atoms. The van der Waals surface area contributed by atoms with Crippen molar-refractivity contribution in [1.29, 1.82) is 0 Å². The molecule has 1 aromatic rings. The van der Waals surface area contributed by atoms with Gasteiger partial charge < -0.3 is 9.64 Å². The summed E-state index contributed by atoms with van der Waals surface area (Å²) < 4.78 is 5.34. The molecule has 1 aromatic carbocycles. The van der Waals surface area contributed by atoms with Crippen molar-refractivity contribution in [2.45, 2.75) is 17.9 Å². The van der Waals surface area contributed by atoms with Crippen LogP contribution < -0.4 is 0 Å². The lowest BCUT2D eigenvalue weighted by Gasteiger charge is -2.25. The molecule has 0 unspecified atom stereocenters. The maximum Gasteiger partial charge on any atom is 0.410 e. The molecule has 1 aliphatic heterocycles. The van der Waals surface area contributed by atoms with E-state index in [4.69, 9.17) is 4.74 Å². The Morgan fingerprint density at radius 3 is 2.83 bits per heavy atom. The van der Waals surface area contributed by atoms with E-state index in [0.29, 0.717) is 17.4 Å². The van der Waals surface area contributed by atoms with Gasteiger partial charge in [0.1, 0.15) is 6.61 Å². The number of alkyl halides is 1. The van der Waals surface area contributed by atoms with E-state index in [-0.39, 0.29) is 6.09 Å². The second-order valence-corrected chi connectivity index (χ2v) is 6.10. The molecule has 0 spiro atoms. The molecule has 0 radical (unpaired) electrons. The number of carbonyl (C=O) groups excluding carboxylic acids is 1. The van der Waals surface area contributed by atoms with Crippen LogP contribution in [-0.4, -0.2) is 28.9 Å². The minimum Gasteiger partial charge on any atom is -0.445 e. The van der Waals surface area contributed by atoms with Crippen molar-refractivity contribution >= 4 is 22.0 Å². The predicted octanol–water partition coefficient (Wildman–Crippen LogP) is 3.04. The van der Waals surface area contributed by atoms with E-state index in [2.05, 4.69) is 15.9 Å². The Hall–Kier alpha value is -1.03. The highest BCUT2D eigenvalue weighted by atomic mass is 79.9. The van der Waals surface area contributed by atoms with Gasteiger partial charge in [-0.2, -0.15) is 0 Å². The third kappa shape index (κ3) is 2.39. The standard InChI is InChI=1S/C14H16BrNO2/c15-13-11-6-7-16(8-12(11)13)14(17)18-9-10-4-2-1-3-5-10/h1-5,11-13H,6-9H2/t11-,12+,13+/m0/s1. The van der Waals surface area contributed by atoms with E-state index in [1.165, 1.54) is 0 Å². The lowest BCUT2D eigenvalue weighted by Crippen LogP contribution is -2.37. The van der Waals surface area contributed by atoms with Crippen LogP contribution in [0.5, 0.6) is 0 Å². The Morgan fingerprint density at radius 2 is 2.11 bits per heavy atom. The highest BCUT2D eigenvalue weighted by Crippen LogP contribution is 2.50. The number of piperidine rings is 1. The maximum absolute atomic E-state index is 11.9. The molecule has 96 valence electrons.